The molecule has 0 bridgehead atoms. The zero-order valence-corrected chi connectivity index (χ0v) is 10.6. The Balaban J connectivity index is 2.60. The van der Waals surface area contributed by atoms with Crippen molar-refractivity contribution in [3.05, 3.63) is 34.9 Å². The molecule has 0 saturated heterocycles. The molecule has 0 heterocycles. The predicted molar refractivity (Wildman–Crippen MR) is 66.5 cm³/mol. The lowest BCUT2D eigenvalue weighted by atomic mass is 9.82. The maximum atomic E-state index is 2.42. The first-order valence-corrected chi connectivity index (χ1v) is 6.01. The Morgan fingerprint density at radius 3 is 2.20 bits per heavy atom. The van der Waals surface area contributed by atoms with Crippen molar-refractivity contribution in [2.45, 2.75) is 58.3 Å². The maximum absolute atomic E-state index is 2.42. The fraction of sp³-hybridized carbons (Fsp3) is 0.600. The van der Waals surface area contributed by atoms with E-state index in [0.29, 0.717) is 10.8 Å². The summed E-state index contributed by atoms with van der Waals surface area (Å²) in [5, 5.41) is 0. The molecule has 15 heavy (non-hydrogen) atoms. The van der Waals surface area contributed by atoms with Crippen LogP contribution in [0.25, 0.3) is 0 Å². The molecule has 0 radical (unpaired) electrons. The lowest BCUT2D eigenvalue weighted by Gasteiger charge is -2.22. The van der Waals surface area contributed by atoms with Crippen LogP contribution in [0.3, 0.4) is 0 Å². The van der Waals surface area contributed by atoms with E-state index in [4.69, 9.17) is 0 Å². The first-order chi connectivity index (χ1) is 6.87. The second-order valence-corrected chi connectivity index (χ2v) is 6.18. The highest BCUT2D eigenvalue weighted by molar-refractivity contribution is 5.46. The number of hydrogen-bond donors (Lipinski definition) is 0. The lowest BCUT2D eigenvalue weighted by molar-refractivity contribution is 0.403. The Morgan fingerprint density at radius 2 is 1.60 bits per heavy atom. The van der Waals surface area contributed by atoms with Crippen LogP contribution in [0.5, 0.6) is 0 Å². The number of rotatable bonds is 1. The SMILES string of the molecule is CCc1ccc2c(c1)C(C)(C)CC2(C)C. The number of aryl methyl sites for hydroxylation is 1. The third-order valence-corrected chi connectivity index (χ3v) is 3.83. The van der Waals surface area contributed by atoms with Gasteiger partial charge in [-0.1, -0.05) is 52.8 Å². The molecule has 0 amide bonds. The van der Waals surface area contributed by atoms with Crippen LogP contribution in [0.4, 0.5) is 0 Å². The summed E-state index contributed by atoms with van der Waals surface area (Å²) in [7, 11) is 0. The van der Waals surface area contributed by atoms with E-state index in [9.17, 15) is 0 Å². The average Bonchev–Trinajstić information content (AvgIpc) is 2.32. The van der Waals surface area contributed by atoms with Crippen molar-refractivity contribution in [2.24, 2.45) is 0 Å². The maximum Gasteiger partial charge on any atom is -0.00922 e. The second-order valence-electron chi connectivity index (χ2n) is 6.18. The molecule has 1 aliphatic rings. The smallest absolute Gasteiger partial charge is 0.00922 e. The van der Waals surface area contributed by atoms with E-state index in [2.05, 4.69) is 52.8 Å². The van der Waals surface area contributed by atoms with Gasteiger partial charge < -0.3 is 0 Å². The Bertz CT molecular complexity index is 383. The zero-order chi connectivity index (χ0) is 11.3. The van der Waals surface area contributed by atoms with Crippen LogP contribution in [0.1, 0.15) is 57.7 Å². The summed E-state index contributed by atoms with van der Waals surface area (Å²) < 4.78 is 0. The van der Waals surface area contributed by atoms with E-state index in [1.807, 2.05) is 0 Å². The van der Waals surface area contributed by atoms with Crippen molar-refractivity contribution in [2.75, 3.05) is 0 Å². The lowest BCUT2D eigenvalue weighted by Crippen LogP contribution is -2.17. The summed E-state index contributed by atoms with van der Waals surface area (Å²) in [6, 6.07) is 7.06. The van der Waals surface area contributed by atoms with Gasteiger partial charge in [0.15, 0.2) is 0 Å². The molecule has 0 aliphatic heterocycles. The van der Waals surface area contributed by atoms with Gasteiger partial charge in [-0.15, -0.1) is 0 Å². The highest BCUT2D eigenvalue weighted by Gasteiger charge is 2.41. The quantitative estimate of drug-likeness (QED) is 0.640. The monoisotopic (exact) mass is 202 g/mol. The Hall–Kier alpha value is -0.780. The van der Waals surface area contributed by atoms with Crippen molar-refractivity contribution in [3.8, 4) is 0 Å². The Morgan fingerprint density at radius 1 is 1.00 bits per heavy atom. The third-order valence-electron chi connectivity index (χ3n) is 3.83. The molecule has 0 heteroatoms. The average molecular weight is 202 g/mol. The van der Waals surface area contributed by atoms with Crippen LogP contribution in [0.2, 0.25) is 0 Å². The predicted octanol–water partition coefficient (Wildman–Crippen LogP) is 4.21. The molecule has 1 aromatic rings. The zero-order valence-electron chi connectivity index (χ0n) is 10.6. The van der Waals surface area contributed by atoms with Crippen LogP contribution in [0.15, 0.2) is 18.2 Å². The summed E-state index contributed by atoms with van der Waals surface area (Å²) in [6.07, 6.45) is 2.41. The van der Waals surface area contributed by atoms with Gasteiger partial charge in [0.05, 0.1) is 0 Å². The molecule has 1 aromatic carbocycles. The van der Waals surface area contributed by atoms with Crippen LogP contribution in [0, 0.1) is 0 Å². The van der Waals surface area contributed by atoms with Crippen molar-refractivity contribution in [1.29, 1.82) is 0 Å². The van der Waals surface area contributed by atoms with Crippen LogP contribution in [-0.2, 0) is 17.3 Å². The molecule has 0 aromatic heterocycles. The number of hydrogen-bond acceptors (Lipinski definition) is 0. The summed E-state index contributed by atoms with van der Waals surface area (Å²) in [5.41, 5.74) is 5.31. The van der Waals surface area contributed by atoms with Crippen molar-refractivity contribution >= 4 is 0 Å². The molecule has 0 N–H and O–H groups in total. The Labute approximate surface area is 93.7 Å². The number of benzene rings is 1. The summed E-state index contributed by atoms with van der Waals surface area (Å²) in [5.74, 6) is 0. The van der Waals surface area contributed by atoms with E-state index < -0.39 is 0 Å². The summed E-state index contributed by atoms with van der Waals surface area (Å²) in [6.45, 7) is 11.7. The highest BCUT2D eigenvalue weighted by atomic mass is 14.5. The summed E-state index contributed by atoms with van der Waals surface area (Å²) >= 11 is 0. The molecule has 0 spiro atoms. The fourth-order valence-corrected chi connectivity index (χ4v) is 3.26. The first kappa shape index (κ1) is 10.7. The second kappa shape index (κ2) is 3.10. The van der Waals surface area contributed by atoms with Gasteiger partial charge in [0.25, 0.3) is 0 Å². The normalized spacial score (nSPS) is 21.4. The Kier molecular flexibility index (Phi) is 2.22. The van der Waals surface area contributed by atoms with Crippen molar-refractivity contribution < 1.29 is 0 Å². The van der Waals surface area contributed by atoms with Gasteiger partial charge in [0, 0.05) is 0 Å². The molecule has 2 rings (SSSR count). The topological polar surface area (TPSA) is 0 Å². The van der Waals surface area contributed by atoms with Gasteiger partial charge in [0.1, 0.15) is 0 Å². The van der Waals surface area contributed by atoms with Crippen LogP contribution in [-0.4, -0.2) is 0 Å². The summed E-state index contributed by atoms with van der Waals surface area (Å²) in [4.78, 5) is 0. The molecule has 82 valence electrons. The van der Waals surface area contributed by atoms with E-state index in [0.717, 1.165) is 6.42 Å². The fourth-order valence-electron chi connectivity index (χ4n) is 3.26. The van der Waals surface area contributed by atoms with E-state index in [1.165, 1.54) is 12.0 Å². The minimum atomic E-state index is 0.351. The van der Waals surface area contributed by atoms with Crippen LogP contribution >= 0.6 is 0 Å². The van der Waals surface area contributed by atoms with E-state index in [-0.39, 0.29) is 0 Å². The third kappa shape index (κ3) is 1.60. The molecule has 0 saturated carbocycles. The minimum absolute atomic E-state index is 0.351. The molecule has 0 nitrogen and oxygen atoms in total. The van der Waals surface area contributed by atoms with Gasteiger partial charge in [-0.05, 0) is 40.4 Å². The van der Waals surface area contributed by atoms with Gasteiger partial charge in [-0.25, -0.2) is 0 Å². The van der Waals surface area contributed by atoms with Crippen molar-refractivity contribution in [3.63, 3.8) is 0 Å². The van der Waals surface area contributed by atoms with E-state index in [1.54, 1.807) is 11.1 Å². The minimum Gasteiger partial charge on any atom is -0.0613 e. The molecule has 0 fully saturated rings. The molecule has 0 atom stereocenters. The molecular formula is C15H22. The largest absolute Gasteiger partial charge is 0.0613 e. The van der Waals surface area contributed by atoms with Gasteiger partial charge in [-0.2, -0.15) is 0 Å². The van der Waals surface area contributed by atoms with Crippen LogP contribution < -0.4 is 0 Å². The first-order valence-electron chi connectivity index (χ1n) is 6.01. The molecular weight excluding hydrogens is 180 g/mol. The standard InChI is InChI=1S/C15H22/c1-6-11-7-8-12-13(9-11)15(4,5)10-14(12,2)3/h7-9H,6,10H2,1-5H3. The van der Waals surface area contributed by atoms with E-state index >= 15 is 0 Å². The molecule has 0 unspecified atom stereocenters. The van der Waals surface area contributed by atoms with Crippen molar-refractivity contribution in [1.82, 2.24) is 0 Å². The van der Waals surface area contributed by atoms with Gasteiger partial charge in [-0.3, -0.25) is 0 Å². The highest BCUT2D eigenvalue weighted by Crippen LogP contribution is 2.49. The molecule has 1 aliphatic carbocycles. The van der Waals surface area contributed by atoms with Gasteiger partial charge in [0.2, 0.25) is 0 Å². The number of fused-ring (bicyclic) bond motifs is 1. The van der Waals surface area contributed by atoms with Gasteiger partial charge >= 0.3 is 0 Å².